The smallest absolute Gasteiger partial charge is 0.231 e. The number of ether oxygens (including phenoxy) is 1. The normalized spacial score (nSPS) is 37.3. The van der Waals surface area contributed by atoms with Crippen LogP contribution in [0.15, 0.2) is 30.3 Å². The molecule has 5 fully saturated rings. The Morgan fingerprint density at radius 3 is 2.50 bits per heavy atom. The Balaban J connectivity index is 1.49. The molecule has 0 radical (unpaired) electrons. The van der Waals surface area contributed by atoms with E-state index in [9.17, 15) is 4.79 Å². The van der Waals surface area contributed by atoms with E-state index < -0.39 is 0 Å². The average Bonchev–Trinajstić information content (AvgIpc) is 3.09. The lowest BCUT2D eigenvalue weighted by molar-refractivity contribution is -0.156. The molecule has 0 N–H and O–H groups in total. The van der Waals surface area contributed by atoms with Crippen LogP contribution >= 0.6 is 0 Å². The van der Waals surface area contributed by atoms with Gasteiger partial charge in [-0.25, -0.2) is 0 Å². The van der Waals surface area contributed by atoms with Crippen molar-refractivity contribution in [2.45, 2.75) is 50.1 Å². The van der Waals surface area contributed by atoms with Crippen LogP contribution in [-0.4, -0.2) is 61.1 Å². The van der Waals surface area contributed by atoms with Gasteiger partial charge in [0, 0.05) is 25.6 Å². The number of amides is 1. The van der Waals surface area contributed by atoms with Gasteiger partial charge in [-0.15, -0.1) is 0 Å². The number of hydrogen-bond donors (Lipinski definition) is 0. The van der Waals surface area contributed by atoms with Gasteiger partial charge >= 0.3 is 0 Å². The van der Waals surface area contributed by atoms with Crippen LogP contribution in [0.2, 0.25) is 0 Å². The zero-order valence-corrected chi connectivity index (χ0v) is 15.8. The molecule has 6 rings (SSSR count). The van der Waals surface area contributed by atoms with Crippen LogP contribution < -0.4 is 0 Å². The molecular weight excluding hydrogens is 324 g/mol. The van der Waals surface area contributed by atoms with Crippen molar-refractivity contribution in [3.8, 4) is 0 Å². The zero-order chi connectivity index (χ0) is 17.7. The van der Waals surface area contributed by atoms with Crippen LogP contribution in [0.25, 0.3) is 0 Å². The third-order valence-electron chi connectivity index (χ3n) is 7.67. The number of nitrogens with zero attached hydrogens (tertiary/aromatic N) is 2. The highest BCUT2D eigenvalue weighted by Crippen LogP contribution is 2.50. The Morgan fingerprint density at radius 1 is 1.15 bits per heavy atom. The molecule has 1 aromatic carbocycles. The van der Waals surface area contributed by atoms with Gasteiger partial charge in [-0.1, -0.05) is 36.8 Å². The van der Waals surface area contributed by atoms with Gasteiger partial charge in [-0.3, -0.25) is 9.69 Å². The molecule has 2 bridgehead atoms. The van der Waals surface area contributed by atoms with E-state index >= 15 is 0 Å². The second kappa shape index (κ2) is 6.35. The molecule has 140 valence electrons. The molecule has 26 heavy (non-hydrogen) atoms. The summed E-state index contributed by atoms with van der Waals surface area (Å²) in [4.78, 5) is 18.7. The van der Waals surface area contributed by atoms with Crippen molar-refractivity contribution in [3.63, 3.8) is 0 Å². The Bertz CT molecular complexity index is 664. The van der Waals surface area contributed by atoms with Gasteiger partial charge in [0.25, 0.3) is 0 Å². The number of likely N-dealkylation sites (tertiary alicyclic amines) is 1. The van der Waals surface area contributed by atoms with Crippen molar-refractivity contribution in [2.24, 2.45) is 11.3 Å². The number of hydrogen-bond acceptors (Lipinski definition) is 3. The lowest BCUT2D eigenvalue weighted by Gasteiger charge is -2.52. The van der Waals surface area contributed by atoms with Gasteiger partial charge in [0.1, 0.15) is 0 Å². The summed E-state index contributed by atoms with van der Waals surface area (Å²) >= 11 is 0. The Hall–Kier alpha value is -1.39. The van der Waals surface area contributed by atoms with Crippen molar-refractivity contribution in [3.05, 3.63) is 35.9 Å². The first kappa shape index (κ1) is 16.8. The number of piperidine rings is 3. The van der Waals surface area contributed by atoms with Crippen molar-refractivity contribution in [1.82, 2.24) is 9.80 Å². The highest BCUT2D eigenvalue weighted by Gasteiger charge is 2.58. The van der Waals surface area contributed by atoms with Crippen LogP contribution in [0.4, 0.5) is 0 Å². The summed E-state index contributed by atoms with van der Waals surface area (Å²) in [5.41, 5.74) is 1.16. The number of carbonyl (C=O) groups is 1. The fourth-order valence-electron chi connectivity index (χ4n) is 6.25. The first-order valence-electron chi connectivity index (χ1n) is 10.3. The van der Waals surface area contributed by atoms with Crippen LogP contribution in [0, 0.1) is 11.3 Å². The minimum absolute atomic E-state index is 0.239. The van der Waals surface area contributed by atoms with Crippen LogP contribution in [0.5, 0.6) is 0 Å². The topological polar surface area (TPSA) is 32.8 Å². The molecule has 0 spiro atoms. The molecule has 4 heteroatoms. The number of benzene rings is 1. The maximum atomic E-state index is 13.7. The zero-order valence-electron chi connectivity index (χ0n) is 15.8. The summed E-state index contributed by atoms with van der Waals surface area (Å²) in [6, 6.07) is 11.8. The highest BCUT2D eigenvalue weighted by molar-refractivity contribution is 5.85. The maximum absolute atomic E-state index is 13.7. The largest absolute Gasteiger partial charge is 0.384 e. The quantitative estimate of drug-likeness (QED) is 0.833. The molecule has 0 unspecified atom stereocenters. The van der Waals surface area contributed by atoms with Gasteiger partial charge in [-0.05, 0) is 50.3 Å². The first-order chi connectivity index (χ1) is 12.7. The van der Waals surface area contributed by atoms with E-state index in [4.69, 9.17) is 4.74 Å². The van der Waals surface area contributed by atoms with E-state index in [2.05, 4.69) is 40.1 Å². The van der Waals surface area contributed by atoms with Gasteiger partial charge in [0.05, 0.1) is 18.1 Å². The summed E-state index contributed by atoms with van der Waals surface area (Å²) in [6.45, 7) is 3.89. The molecule has 4 heterocycles. The third-order valence-corrected chi connectivity index (χ3v) is 7.67. The average molecular weight is 354 g/mol. The van der Waals surface area contributed by atoms with Crippen LogP contribution in [0.1, 0.15) is 43.6 Å². The second-order valence-corrected chi connectivity index (χ2v) is 8.90. The van der Waals surface area contributed by atoms with E-state index in [1.165, 1.54) is 31.5 Å². The van der Waals surface area contributed by atoms with Gasteiger partial charge < -0.3 is 9.64 Å². The van der Waals surface area contributed by atoms with Crippen molar-refractivity contribution in [2.75, 3.05) is 33.4 Å². The lowest BCUT2D eigenvalue weighted by atomic mass is 9.67. The Morgan fingerprint density at radius 2 is 1.88 bits per heavy atom. The van der Waals surface area contributed by atoms with Gasteiger partial charge in [0.15, 0.2) is 0 Å². The van der Waals surface area contributed by atoms with E-state index in [-0.39, 0.29) is 5.41 Å². The van der Waals surface area contributed by atoms with E-state index in [1.54, 1.807) is 7.11 Å². The summed E-state index contributed by atoms with van der Waals surface area (Å²) in [5.74, 6) is 1.52. The monoisotopic (exact) mass is 354 g/mol. The SMILES string of the molecule is COCC1(C(=O)N2C[C@H](c3ccccc3)[C@H]3[C@@H]2C2CCN3CC2)CCC1. The van der Waals surface area contributed by atoms with E-state index in [0.717, 1.165) is 25.8 Å². The molecule has 1 aliphatic carbocycles. The standard InChI is InChI=1S/C22H30N2O2/c1-26-15-22(10-5-11-22)21(25)24-14-18(16-6-3-2-4-7-16)20-19(24)17-8-12-23(20)13-9-17/h2-4,6-7,17-20H,5,8-15H2,1H3/t18-,19+,20+/m1/s1. The van der Waals surface area contributed by atoms with Gasteiger partial charge in [0.2, 0.25) is 5.91 Å². The van der Waals surface area contributed by atoms with Crippen molar-refractivity contribution >= 4 is 5.91 Å². The molecule has 4 saturated heterocycles. The molecule has 1 saturated carbocycles. The van der Waals surface area contributed by atoms with E-state index in [0.29, 0.717) is 36.4 Å². The van der Waals surface area contributed by atoms with E-state index in [1.807, 2.05) is 0 Å². The lowest BCUT2D eigenvalue weighted by Crippen LogP contribution is -2.62. The molecule has 0 aromatic heterocycles. The molecule has 5 aliphatic rings. The number of rotatable bonds is 4. The minimum Gasteiger partial charge on any atom is -0.384 e. The highest BCUT2D eigenvalue weighted by atomic mass is 16.5. The predicted octanol–water partition coefficient (Wildman–Crippen LogP) is 2.89. The second-order valence-electron chi connectivity index (χ2n) is 8.90. The predicted molar refractivity (Wildman–Crippen MR) is 101 cm³/mol. The van der Waals surface area contributed by atoms with Gasteiger partial charge in [-0.2, -0.15) is 0 Å². The third kappa shape index (κ3) is 2.38. The Kier molecular flexibility index (Phi) is 4.09. The summed E-state index contributed by atoms with van der Waals surface area (Å²) in [6.07, 6.45) is 5.66. The molecule has 4 aliphatic heterocycles. The van der Waals surface area contributed by atoms with Crippen LogP contribution in [-0.2, 0) is 9.53 Å². The van der Waals surface area contributed by atoms with Crippen molar-refractivity contribution < 1.29 is 9.53 Å². The molecule has 3 atom stereocenters. The number of carbonyl (C=O) groups excluding carboxylic acids is 1. The Labute approximate surface area is 156 Å². The van der Waals surface area contributed by atoms with Crippen LogP contribution in [0.3, 0.4) is 0 Å². The number of methoxy groups -OCH3 is 1. The summed E-state index contributed by atoms with van der Waals surface area (Å²) in [5, 5.41) is 0. The molecule has 1 amide bonds. The fraction of sp³-hybridized carbons (Fsp3) is 0.682. The van der Waals surface area contributed by atoms with Crippen molar-refractivity contribution in [1.29, 1.82) is 0 Å². The summed E-state index contributed by atoms with van der Waals surface area (Å²) in [7, 11) is 1.74. The number of fused-ring (bicyclic) bond motifs is 2. The molecule has 1 aromatic rings. The summed E-state index contributed by atoms with van der Waals surface area (Å²) < 4.78 is 5.48. The molecule has 4 nitrogen and oxygen atoms in total. The molecular formula is C22H30N2O2. The minimum atomic E-state index is -0.239. The first-order valence-corrected chi connectivity index (χ1v) is 10.3. The maximum Gasteiger partial charge on any atom is 0.231 e. The fourth-order valence-corrected chi connectivity index (χ4v) is 6.25.